The fourth-order valence-corrected chi connectivity index (χ4v) is 4.58. The van der Waals surface area contributed by atoms with E-state index in [-0.39, 0.29) is 5.41 Å². The van der Waals surface area contributed by atoms with E-state index >= 15 is 0 Å². The van der Waals surface area contributed by atoms with E-state index in [1.165, 1.54) is 0 Å². The summed E-state index contributed by atoms with van der Waals surface area (Å²) in [6.45, 7) is 7.20. The first-order valence-corrected chi connectivity index (χ1v) is 8.34. The molecule has 1 fully saturated rings. The zero-order valence-corrected chi connectivity index (χ0v) is 11.8. The lowest BCUT2D eigenvalue weighted by atomic mass is 9.84. The molecule has 1 aliphatic rings. The van der Waals surface area contributed by atoms with Crippen molar-refractivity contribution >= 4 is 9.84 Å². The van der Waals surface area contributed by atoms with Crippen molar-refractivity contribution in [2.75, 3.05) is 37.8 Å². The largest absolute Gasteiger partial charge is 0.382 e. The SMILES string of the molecule is CCCNCC1(CCOCC)CCS(=O)(=O)C1. The Kier molecular flexibility index (Phi) is 5.89. The number of sulfone groups is 1. The summed E-state index contributed by atoms with van der Waals surface area (Å²) >= 11 is 0. The van der Waals surface area contributed by atoms with Crippen molar-refractivity contribution in [2.45, 2.75) is 33.1 Å². The highest BCUT2D eigenvalue weighted by Crippen LogP contribution is 2.35. The Morgan fingerprint density at radius 3 is 2.65 bits per heavy atom. The Morgan fingerprint density at radius 1 is 1.35 bits per heavy atom. The molecule has 1 unspecified atom stereocenters. The third-order valence-electron chi connectivity index (χ3n) is 3.38. The molecule has 17 heavy (non-hydrogen) atoms. The number of hydrogen-bond donors (Lipinski definition) is 1. The lowest BCUT2D eigenvalue weighted by Gasteiger charge is -2.28. The number of rotatable bonds is 8. The van der Waals surface area contributed by atoms with Gasteiger partial charge in [-0.2, -0.15) is 0 Å². The molecule has 0 aromatic carbocycles. The van der Waals surface area contributed by atoms with E-state index in [2.05, 4.69) is 12.2 Å². The third kappa shape index (κ3) is 4.94. The quantitative estimate of drug-likeness (QED) is 0.669. The van der Waals surface area contributed by atoms with Crippen molar-refractivity contribution in [3.63, 3.8) is 0 Å². The minimum atomic E-state index is -2.82. The van der Waals surface area contributed by atoms with Crippen molar-refractivity contribution in [2.24, 2.45) is 5.41 Å². The number of ether oxygens (including phenoxy) is 1. The summed E-state index contributed by atoms with van der Waals surface area (Å²) in [5.41, 5.74) is -0.0941. The molecule has 102 valence electrons. The van der Waals surface area contributed by atoms with E-state index in [1.54, 1.807) is 0 Å². The molecular weight excluding hydrogens is 238 g/mol. The summed E-state index contributed by atoms with van der Waals surface area (Å²) < 4.78 is 28.7. The summed E-state index contributed by atoms with van der Waals surface area (Å²) in [5.74, 6) is 0.663. The fourth-order valence-electron chi connectivity index (χ4n) is 2.37. The predicted molar refractivity (Wildman–Crippen MR) is 70.0 cm³/mol. The maximum atomic E-state index is 11.6. The molecule has 4 nitrogen and oxygen atoms in total. The Labute approximate surface area is 105 Å². The summed E-state index contributed by atoms with van der Waals surface area (Å²) in [5, 5.41) is 3.36. The van der Waals surface area contributed by atoms with Crippen molar-refractivity contribution in [1.29, 1.82) is 0 Å². The molecule has 1 atom stereocenters. The maximum absolute atomic E-state index is 11.6. The molecule has 0 radical (unpaired) electrons. The van der Waals surface area contributed by atoms with E-state index < -0.39 is 9.84 Å². The van der Waals surface area contributed by atoms with Gasteiger partial charge in [-0.05, 0) is 38.1 Å². The molecule has 0 spiro atoms. The van der Waals surface area contributed by atoms with Gasteiger partial charge in [0.2, 0.25) is 0 Å². The van der Waals surface area contributed by atoms with Gasteiger partial charge in [-0.15, -0.1) is 0 Å². The van der Waals surface area contributed by atoms with Crippen LogP contribution in [-0.2, 0) is 14.6 Å². The molecule has 0 aromatic heterocycles. The van der Waals surface area contributed by atoms with Gasteiger partial charge < -0.3 is 10.1 Å². The molecule has 0 amide bonds. The fraction of sp³-hybridized carbons (Fsp3) is 1.00. The van der Waals surface area contributed by atoms with E-state index in [1.807, 2.05) is 6.92 Å². The van der Waals surface area contributed by atoms with E-state index in [0.717, 1.165) is 32.4 Å². The van der Waals surface area contributed by atoms with Gasteiger partial charge in [-0.3, -0.25) is 0 Å². The highest BCUT2D eigenvalue weighted by Gasteiger charge is 2.41. The average Bonchev–Trinajstić information content (AvgIpc) is 2.56. The van der Waals surface area contributed by atoms with Gasteiger partial charge >= 0.3 is 0 Å². The Morgan fingerprint density at radius 2 is 2.12 bits per heavy atom. The van der Waals surface area contributed by atoms with Crippen LogP contribution in [0, 0.1) is 5.41 Å². The van der Waals surface area contributed by atoms with Gasteiger partial charge in [-0.1, -0.05) is 6.92 Å². The highest BCUT2D eigenvalue weighted by atomic mass is 32.2. The Hall–Kier alpha value is -0.130. The molecular formula is C12H25NO3S. The topological polar surface area (TPSA) is 55.4 Å². The summed E-state index contributed by atoms with van der Waals surface area (Å²) in [6, 6.07) is 0. The second kappa shape index (κ2) is 6.71. The van der Waals surface area contributed by atoms with E-state index in [9.17, 15) is 8.42 Å². The molecule has 1 rings (SSSR count). The van der Waals surface area contributed by atoms with Gasteiger partial charge in [0.05, 0.1) is 11.5 Å². The molecule has 1 N–H and O–H groups in total. The smallest absolute Gasteiger partial charge is 0.150 e. The summed E-state index contributed by atoms with van der Waals surface area (Å²) in [7, 11) is -2.82. The lowest BCUT2D eigenvalue weighted by Crippen LogP contribution is -2.37. The van der Waals surface area contributed by atoms with Crippen LogP contribution < -0.4 is 5.32 Å². The standard InChI is InChI=1S/C12H25NO3S/c1-3-7-13-10-12(5-8-16-4-2)6-9-17(14,15)11-12/h13H,3-11H2,1-2H3. The minimum absolute atomic E-state index is 0.0941. The van der Waals surface area contributed by atoms with Crippen molar-refractivity contribution in [3.8, 4) is 0 Å². The van der Waals surface area contributed by atoms with Gasteiger partial charge in [-0.25, -0.2) is 8.42 Å². The van der Waals surface area contributed by atoms with Crippen LogP contribution in [0.3, 0.4) is 0 Å². The monoisotopic (exact) mass is 263 g/mol. The third-order valence-corrected chi connectivity index (χ3v) is 5.26. The van der Waals surface area contributed by atoms with Crippen molar-refractivity contribution < 1.29 is 13.2 Å². The van der Waals surface area contributed by atoms with E-state index in [0.29, 0.717) is 24.7 Å². The Balaban J connectivity index is 2.52. The molecule has 1 heterocycles. The van der Waals surface area contributed by atoms with Crippen LogP contribution in [0.5, 0.6) is 0 Å². The second-order valence-corrected chi connectivity index (χ2v) is 7.15. The summed E-state index contributed by atoms with van der Waals surface area (Å²) in [4.78, 5) is 0. The van der Waals surface area contributed by atoms with Crippen LogP contribution >= 0.6 is 0 Å². The normalized spacial score (nSPS) is 27.4. The van der Waals surface area contributed by atoms with Crippen LogP contribution in [0.2, 0.25) is 0 Å². The van der Waals surface area contributed by atoms with Crippen LogP contribution in [0.1, 0.15) is 33.1 Å². The van der Waals surface area contributed by atoms with Gasteiger partial charge in [0.25, 0.3) is 0 Å². The van der Waals surface area contributed by atoms with Gasteiger partial charge in [0.15, 0.2) is 9.84 Å². The highest BCUT2D eigenvalue weighted by molar-refractivity contribution is 7.91. The maximum Gasteiger partial charge on any atom is 0.150 e. The van der Waals surface area contributed by atoms with Gasteiger partial charge in [0, 0.05) is 19.8 Å². The molecule has 1 aliphatic heterocycles. The minimum Gasteiger partial charge on any atom is -0.382 e. The number of nitrogens with one attached hydrogen (secondary N) is 1. The molecule has 0 aliphatic carbocycles. The predicted octanol–water partition coefficient (Wildman–Crippen LogP) is 1.22. The zero-order valence-electron chi connectivity index (χ0n) is 11.0. The van der Waals surface area contributed by atoms with Crippen LogP contribution in [0.15, 0.2) is 0 Å². The van der Waals surface area contributed by atoms with Crippen molar-refractivity contribution in [1.82, 2.24) is 5.32 Å². The second-order valence-electron chi connectivity index (χ2n) is 4.97. The van der Waals surface area contributed by atoms with Gasteiger partial charge in [0.1, 0.15) is 0 Å². The molecule has 1 saturated heterocycles. The van der Waals surface area contributed by atoms with Crippen molar-refractivity contribution in [3.05, 3.63) is 0 Å². The average molecular weight is 263 g/mol. The first kappa shape index (κ1) is 14.9. The lowest BCUT2D eigenvalue weighted by molar-refractivity contribution is 0.110. The molecule has 5 heteroatoms. The first-order chi connectivity index (χ1) is 8.04. The number of hydrogen-bond acceptors (Lipinski definition) is 4. The summed E-state index contributed by atoms with van der Waals surface area (Å²) in [6.07, 6.45) is 2.70. The Bertz CT molecular complexity index is 304. The van der Waals surface area contributed by atoms with Crippen LogP contribution in [0.25, 0.3) is 0 Å². The van der Waals surface area contributed by atoms with Crippen LogP contribution in [-0.4, -0.2) is 46.2 Å². The van der Waals surface area contributed by atoms with E-state index in [4.69, 9.17) is 4.74 Å². The van der Waals surface area contributed by atoms with Crippen LogP contribution in [0.4, 0.5) is 0 Å². The first-order valence-electron chi connectivity index (χ1n) is 6.52. The molecule has 0 bridgehead atoms. The zero-order chi connectivity index (χ0) is 12.8. The molecule has 0 aromatic rings. The molecule has 0 saturated carbocycles.